The SMILES string of the molecule is CCc1cnc2c(c1)C(=O)c1cc(C)cnc1-2. The summed E-state index contributed by atoms with van der Waals surface area (Å²) in [5.41, 5.74) is 4.90. The van der Waals surface area contributed by atoms with Crippen molar-refractivity contribution in [3.05, 3.63) is 46.8 Å². The van der Waals surface area contributed by atoms with E-state index in [-0.39, 0.29) is 5.78 Å². The fourth-order valence-electron chi connectivity index (χ4n) is 2.14. The van der Waals surface area contributed by atoms with Crippen molar-refractivity contribution in [1.29, 1.82) is 0 Å². The molecule has 17 heavy (non-hydrogen) atoms. The van der Waals surface area contributed by atoms with Gasteiger partial charge >= 0.3 is 0 Å². The van der Waals surface area contributed by atoms with Gasteiger partial charge in [-0.15, -0.1) is 0 Å². The Hall–Kier alpha value is -2.03. The van der Waals surface area contributed by atoms with Crippen LogP contribution in [0.25, 0.3) is 11.4 Å². The minimum absolute atomic E-state index is 0.0500. The van der Waals surface area contributed by atoms with Gasteiger partial charge in [0.25, 0.3) is 0 Å². The number of rotatable bonds is 1. The molecule has 0 saturated carbocycles. The van der Waals surface area contributed by atoms with E-state index in [1.807, 2.05) is 25.3 Å². The third-order valence-corrected chi connectivity index (χ3v) is 3.09. The molecule has 0 aliphatic heterocycles. The summed E-state index contributed by atoms with van der Waals surface area (Å²) in [4.78, 5) is 20.9. The monoisotopic (exact) mass is 224 g/mol. The van der Waals surface area contributed by atoms with Crippen molar-refractivity contribution in [1.82, 2.24) is 9.97 Å². The molecular weight excluding hydrogens is 212 g/mol. The third kappa shape index (κ3) is 1.39. The number of hydrogen-bond donors (Lipinski definition) is 0. The number of aryl methyl sites for hydroxylation is 2. The Morgan fingerprint density at radius 1 is 1.06 bits per heavy atom. The van der Waals surface area contributed by atoms with Crippen molar-refractivity contribution in [2.24, 2.45) is 0 Å². The minimum Gasteiger partial charge on any atom is -0.288 e. The molecule has 0 fully saturated rings. The smallest absolute Gasteiger partial charge is 0.197 e. The summed E-state index contributed by atoms with van der Waals surface area (Å²) in [6.07, 6.45) is 4.48. The molecule has 1 aliphatic rings. The lowest BCUT2D eigenvalue weighted by molar-refractivity contribution is 0.104. The molecule has 3 heteroatoms. The minimum atomic E-state index is 0.0500. The van der Waals surface area contributed by atoms with Crippen LogP contribution in [0.1, 0.15) is 34.0 Å². The number of fused-ring (bicyclic) bond motifs is 3. The van der Waals surface area contributed by atoms with E-state index in [1.54, 1.807) is 6.20 Å². The molecular formula is C14H12N2O. The Labute approximate surface area is 99.5 Å². The predicted octanol–water partition coefficient (Wildman–Crippen LogP) is 2.56. The van der Waals surface area contributed by atoms with Crippen molar-refractivity contribution >= 4 is 5.78 Å². The van der Waals surface area contributed by atoms with Gasteiger partial charge in [0.2, 0.25) is 0 Å². The number of aromatic nitrogens is 2. The number of carbonyl (C=O) groups excluding carboxylic acids is 1. The molecule has 3 rings (SSSR count). The third-order valence-electron chi connectivity index (χ3n) is 3.09. The first kappa shape index (κ1) is 10.1. The van der Waals surface area contributed by atoms with Gasteiger partial charge in [-0.2, -0.15) is 0 Å². The van der Waals surface area contributed by atoms with Gasteiger partial charge in [-0.1, -0.05) is 6.92 Å². The van der Waals surface area contributed by atoms with Crippen molar-refractivity contribution in [3.63, 3.8) is 0 Å². The van der Waals surface area contributed by atoms with E-state index in [0.717, 1.165) is 28.9 Å². The highest BCUT2D eigenvalue weighted by Crippen LogP contribution is 2.33. The number of carbonyl (C=O) groups is 1. The Bertz CT molecular complexity index is 632. The first-order valence-corrected chi connectivity index (χ1v) is 5.71. The lowest BCUT2D eigenvalue weighted by atomic mass is 10.1. The normalized spacial score (nSPS) is 12.5. The molecule has 0 spiro atoms. The maximum Gasteiger partial charge on any atom is 0.197 e. The predicted molar refractivity (Wildman–Crippen MR) is 65.0 cm³/mol. The summed E-state index contributed by atoms with van der Waals surface area (Å²) in [6.45, 7) is 3.99. The summed E-state index contributed by atoms with van der Waals surface area (Å²) < 4.78 is 0. The molecule has 2 aromatic heterocycles. The molecule has 0 unspecified atom stereocenters. The van der Waals surface area contributed by atoms with Crippen molar-refractivity contribution in [3.8, 4) is 11.4 Å². The van der Waals surface area contributed by atoms with E-state index in [2.05, 4.69) is 16.9 Å². The molecule has 3 nitrogen and oxygen atoms in total. The van der Waals surface area contributed by atoms with Gasteiger partial charge in [0.05, 0.1) is 11.1 Å². The highest BCUT2D eigenvalue weighted by Gasteiger charge is 2.29. The summed E-state index contributed by atoms with van der Waals surface area (Å²) in [5.74, 6) is 0.0500. The Morgan fingerprint density at radius 3 is 2.41 bits per heavy atom. The average Bonchev–Trinajstić information content (AvgIpc) is 2.62. The molecule has 2 aromatic rings. The molecule has 0 N–H and O–H groups in total. The van der Waals surface area contributed by atoms with E-state index in [1.165, 1.54) is 0 Å². The van der Waals surface area contributed by atoms with Crippen LogP contribution in [0.2, 0.25) is 0 Å². The van der Waals surface area contributed by atoms with Crippen LogP contribution in [0.3, 0.4) is 0 Å². The van der Waals surface area contributed by atoms with Gasteiger partial charge in [-0.05, 0) is 36.6 Å². The summed E-state index contributed by atoms with van der Waals surface area (Å²) >= 11 is 0. The molecule has 1 aliphatic carbocycles. The van der Waals surface area contributed by atoms with Gasteiger partial charge in [0, 0.05) is 12.4 Å². The lowest BCUT2D eigenvalue weighted by Crippen LogP contribution is -1.97. The van der Waals surface area contributed by atoms with Crippen LogP contribution >= 0.6 is 0 Å². The number of pyridine rings is 2. The van der Waals surface area contributed by atoms with Crippen LogP contribution in [-0.4, -0.2) is 15.8 Å². The van der Waals surface area contributed by atoms with Crippen LogP contribution in [-0.2, 0) is 6.42 Å². The Balaban J connectivity index is 2.27. The fourth-order valence-corrected chi connectivity index (χ4v) is 2.14. The number of nitrogens with zero attached hydrogens (tertiary/aromatic N) is 2. The Morgan fingerprint density at radius 2 is 1.71 bits per heavy atom. The van der Waals surface area contributed by atoms with Gasteiger partial charge in [0.1, 0.15) is 11.4 Å². The lowest BCUT2D eigenvalue weighted by Gasteiger charge is -2.00. The summed E-state index contributed by atoms with van der Waals surface area (Å²) in [5, 5.41) is 0. The van der Waals surface area contributed by atoms with Crippen LogP contribution in [0.15, 0.2) is 24.5 Å². The zero-order valence-corrected chi connectivity index (χ0v) is 9.82. The highest BCUT2D eigenvalue weighted by molar-refractivity contribution is 6.20. The van der Waals surface area contributed by atoms with E-state index in [9.17, 15) is 4.79 Å². The van der Waals surface area contributed by atoms with Crippen molar-refractivity contribution in [2.75, 3.05) is 0 Å². The van der Waals surface area contributed by atoms with Crippen LogP contribution in [0, 0.1) is 6.92 Å². The first-order valence-electron chi connectivity index (χ1n) is 5.71. The first-order chi connectivity index (χ1) is 8.20. The van der Waals surface area contributed by atoms with Gasteiger partial charge in [0.15, 0.2) is 5.78 Å². The molecule has 84 valence electrons. The maximum absolute atomic E-state index is 12.2. The van der Waals surface area contributed by atoms with Crippen LogP contribution < -0.4 is 0 Å². The van der Waals surface area contributed by atoms with E-state index in [0.29, 0.717) is 11.1 Å². The molecule has 0 aromatic carbocycles. The van der Waals surface area contributed by atoms with Gasteiger partial charge < -0.3 is 0 Å². The molecule has 0 atom stereocenters. The van der Waals surface area contributed by atoms with Gasteiger partial charge in [-0.3, -0.25) is 14.8 Å². The molecule has 0 saturated heterocycles. The fraction of sp³-hybridized carbons (Fsp3) is 0.214. The molecule has 0 amide bonds. The standard InChI is InChI=1S/C14H12N2O/c1-3-9-5-11-13(16-7-9)12-10(14(11)17)4-8(2)6-15-12/h4-7H,3H2,1-2H3. The topological polar surface area (TPSA) is 42.9 Å². The second-order valence-corrected chi connectivity index (χ2v) is 4.33. The van der Waals surface area contributed by atoms with E-state index >= 15 is 0 Å². The van der Waals surface area contributed by atoms with Crippen LogP contribution in [0.4, 0.5) is 0 Å². The van der Waals surface area contributed by atoms with E-state index < -0.39 is 0 Å². The molecule has 2 heterocycles. The zero-order valence-electron chi connectivity index (χ0n) is 9.82. The number of hydrogen-bond acceptors (Lipinski definition) is 3. The maximum atomic E-state index is 12.2. The van der Waals surface area contributed by atoms with Crippen molar-refractivity contribution < 1.29 is 4.79 Å². The largest absolute Gasteiger partial charge is 0.288 e. The summed E-state index contributed by atoms with van der Waals surface area (Å²) in [7, 11) is 0. The second kappa shape index (κ2) is 3.48. The van der Waals surface area contributed by atoms with Crippen LogP contribution in [0.5, 0.6) is 0 Å². The number of ketones is 1. The average molecular weight is 224 g/mol. The molecule has 0 bridgehead atoms. The summed E-state index contributed by atoms with van der Waals surface area (Å²) in [6, 6.07) is 3.82. The van der Waals surface area contributed by atoms with Gasteiger partial charge in [-0.25, -0.2) is 0 Å². The van der Waals surface area contributed by atoms with E-state index in [4.69, 9.17) is 0 Å². The second-order valence-electron chi connectivity index (χ2n) is 4.33. The zero-order chi connectivity index (χ0) is 12.0. The molecule has 0 radical (unpaired) electrons. The van der Waals surface area contributed by atoms with Crippen molar-refractivity contribution in [2.45, 2.75) is 20.3 Å². The highest BCUT2D eigenvalue weighted by atomic mass is 16.1. The quantitative estimate of drug-likeness (QED) is 0.638. The Kier molecular flexibility index (Phi) is 2.08.